The topological polar surface area (TPSA) is 55.4 Å². The summed E-state index contributed by atoms with van der Waals surface area (Å²) < 4.78 is 46.4. The van der Waals surface area contributed by atoms with Gasteiger partial charge in [0.25, 0.3) is 0 Å². The molecule has 0 unspecified atom stereocenters. The second-order valence-electron chi connectivity index (χ2n) is 29.3. The summed E-state index contributed by atoms with van der Waals surface area (Å²) in [7, 11) is 0. The minimum Gasteiger partial charge on any atom is -0.493 e. The maximum absolute atomic E-state index is 6.70. The first-order chi connectivity index (χ1) is 50.9. The summed E-state index contributed by atoms with van der Waals surface area (Å²) in [6.45, 7) is 30.8. The number of fused-ring (bicyclic) bond motifs is 9. The first-order valence-electron chi connectivity index (χ1n) is 40.8. The molecule has 0 bridgehead atoms. The highest BCUT2D eigenvalue weighted by Gasteiger charge is 2.24. The standard InChI is InChI=1S/C40H60O2S2.C32H44O2S2.C20H20O2S2/c1-5-7-9-11-13-15-17-19-21-23-25-41-38-35-30-37-33(27-31(3)43-37)29-34(35)39(40-36(38)28-32(4)44-40)42-26-24-22-20-18-16-14-12-10-8-6-2;1-5-7-9-11-13-15-17-33-30-27-22-29-25(19-23(3)35-29)21-26(27)31(32-28(30)20-24(4)36-32)34-18-16-14-12-10-8-6-2;1-5-21-18-15-10-17-13(7-11(3)23-17)9-14(15)19(22-6-2)20-16(18)8-12(4)24-20/h27-30H,5-26H2,1-4H3;19-22H,5-18H2,1-4H3;7-10H,5-6H2,1-4H3. The van der Waals surface area contributed by atoms with Gasteiger partial charge in [-0.25, -0.2) is 0 Å². The minimum atomic E-state index is 0.661. The first kappa shape index (κ1) is 81.2. The molecule has 0 aliphatic heterocycles. The van der Waals surface area contributed by atoms with Crippen molar-refractivity contribution in [3.05, 3.63) is 102 Å². The zero-order valence-corrected chi connectivity index (χ0v) is 70.6. The molecule has 0 saturated heterocycles. The first-order valence-corrected chi connectivity index (χ1v) is 45.7. The fraction of sp³-hybridized carbons (Fsp3) is 0.543. The number of hydrogen-bond donors (Lipinski definition) is 0. The molecule has 0 atom stereocenters. The third-order valence-corrected chi connectivity index (χ3v) is 26.5. The summed E-state index contributed by atoms with van der Waals surface area (Å²) in [6.07, 6.45) is 42.2. The molecule has 104 heavy (non-hydrogen) atoms. The van der Waals surface area contributed by atoms with Gasteiger partial charge in [-0.3, -0.25) is 0 Å². The van der Waals surface area contributed by atoms with Crippen molar-refractivity contribution in [3.63, 3.8) is 0 Å². The predicted octanol–water partition coefficient (Wildman–Crippen LogP) is 32.5. The second-order valence-corrected chi connectivity index (χ2v) is 36.9. The molecule has 12 aromatic rings. The molecule has 0 saturated carbocycles. The van der Waals surface area contributed by atoms with E-state index in [1.807, 2.05) is 70.5 Å². The molecular weight excluding hydrogens is 1390 g/mol. The van der Waals surface area contributed by atoms with Crippen LogP contribution in [-0.2, 0) is 0 Å². The largest absolute Gasteiger partial charge is 0.493 e. The zero-order chi connectivity index (χ0) is 73.2. The lowest BCUT2D eigenvalue weighted by Gasteiger charge is -2.16. The molecule has 0 radical (unpaired) electrons. The molecule has 0 spiro atoms. The Labute approximate surface area is 648 Å². The number of ether oxygens (including phenoxy) is 6. The van der Waals surface area contributed by atoms with Crippen molar-refractivity contribution < 1.29 is 28.4 Å². The molecule has 6 aromatic carbocycles. The Hall–Kier alpha value is -5.34. The van der Waals surface area contributed by atoms with Crippen LogP contribution in [-0.4, -0.2) is 39.6 Å². The van der Waals surface area contributed by atoms with Crippen molar-refractivity contribution in [1.29, 1.82) is 0 Å². The van der Waals surface area contributed by atoms with Crippen molar-refractivity contribution in [2.45, 2.75) is 289 Å². The predicted molar refractivity (Wildman–Crippen MR) is 467 cm³/mol. The van der Waals surface area contributed by atoms with E-state index in [0.29, 0.717) is 13.2 Å². The molecule has 0 amide bonds. The monoisotopic (exact) mass is 1520 g/mol. The average Bonchev–Trinajstić information content (AvgIpc) is 1.53. The van der Waals surface area contributed by atoms with Crippen LogP contribution in [0.25, 0.3) is 92.8 Å². The lowest BCUT2D eigenvalue weighted by Crippen LogP contribution is -2.01. The highest BCUT2D eigenvalue weighted by Crippen LogP contribution is 2.52. The lowest BCUT2D eigenvalue weighted by atomic mass is 10.0. The SMILES string of the molecule is CCCCCCCCCCCCOc1c2cc3sc(C)cc3cc2c(OCCCCCCCCCCCC)c2sc(C)cc12.CCCCCCCCOc1c2cc3sc(C)cc3cc2c(OCCCCCCCC)c2sc(C)cc12.CCOc1c2cc3sc(C)cc3cc2c(OCC)c2sc(C)cc12. The van der Waals surface area contributed by atoms with Crippen molar-refractivity contribution >= 4 is 161 Å². The fourth-order valence-electron chi connectivity index (χ4n) is 15.0. The zero-order valence-electron chi connectivity index (χ0n) is 65.7. The van der Waals surface area contributed by atoms with Crippen molar-refractivity contribution in [1.82, 2.24) is 0 Å². The molecule has 6 heterocycles. The van der Waals surface area contributed by atoms with Gasteiger partial charge in [0.1, 0.15) is 34.5 Å². The number of thiophene rings is 6. The van der Waals surface area contributed by atoms with Crippen molar-refractivity contribution in [2.75, 3.05) is 39.6 Å². The quantitative estimate of drug-likeness (QED) is 0.0355. The molecule has 0 fully saturated rings. The summed E-state index contributed by atoms with van der Waals surface area (Å²) in [4.78, 5) is 7.94. The van der Waals surface area contributed by atoms with Gasteiger partial charge in [-0.15, -0.1) is 68.0 Å². The smallest absolute Gasteiger partial charge is 0.145 e. The molecule has 0 aliphatic carbocycles. The highest BCUT2D eigenvalue weighted by atomic mass is 32.1. The second kappa shape index (κ2) is 42.4. The van der Waals surface area contributed by atoms with Gasteiger partial charge in [0.05, 0.1) is 53.7 Å². The van der Waals surface area contributed by atoms with Crippen LogP contribution in [0.3, 0.4) is 0 Å². The van der Waals surface area contributed by atoms with Crippen LogP contribution in [0, 0.1) is 41.5 Å². The van der Waals surface area contributed by atoms with E-state index in [9.17, 15) is 0 Å². The van der Waals surface area contributed by atoms with Crippen molar-refractivity contribution in [3.8, 4) is 34.5 Å². The normalized spacial score (nSPS) is 11.8. The van der Waals surface area contributed by atoms with Crippen molar-refractivity contribution in [2.24, 2.45) is 0 Å². The fourth-order valence-corrected chi connectivity index (χ4v) is 20.9. The molecule has 12 rings (SSSR count). The Balaban J connectivity index is 0.000000174. The lowest BCUT2D eigenvalue weighted by molar-refractivity contribution is 0.306. The summed E-state index contributed by atoms with van der Waals surface area (Å²) in [5, 5.41) is 14.7. The van der Waals surface area contributed by atoms with E-state index in [0.717, 1.165) is 97.4 Å². The van der Waals surface area contributed by atoms with Crippen LogP contribution in [0.1, 0.15) is 276 Å². The third kappa shape index (κ3) is 22.0. The van der Waals surface area contributed by atoms with Crippen LogP contribution in [0.5, 0.6) is 34.5 Å². The van der Waals surface area contributed by atoms with Gasteiger partial charge < -0.3 is 28.4 Å². The van der Waals surface area contributed by atoms with Crippen LogP contribution in [0.4, 0.5) is 0 Å². The number of hydrogen-bond acceptors (Lipinski definition) is 12. The van der Waals surface area contributed by atoms with E-state index in [1.165, 1.54) is 291 Å². The van der Waals surface area contributed by atoms with Gasteiger partial charge in [-0.1, -0.05) is 207 Å². The van der Waals surface area contributed by atoms with Gasteiger partial charge >= 0.3 is 0 Å². The van der Waals surface area contributed by atoms with Gasteiger partial charge in [0, 0.05) is 91.8 Å². The average molecular weight is 1520 g/mol. The number of rotatable bonds is 44. The Morgan fingerprint density at radius 1 is 0.202 bits per heavy atom. The van der Waals surface area contributed by atoms with Crippen LogP contribution < -0.4 is 28.4 Å². The molecule has 0 N–H and O–H groups in total. The van der Waals surface area contributed by atoms with Gasteiger partial charge in [-0.05, 0) is 170 Å². The summed E-state index contributed by atoms with van der Waals surface area (Å²) in [5.41, 5.74) is 0. The molecular formula is C92H124O6S6. The number of unbranched alkanes of at least 4 members (excludes halogenated alkanes) is 28. The molecule has 6 aromatic heterocycles. The van der Waals surface area contributed by atoms with Gasteiger partial charge in [0.15, 0.2) is 0 Å². The maximum atomic E-state index is 6.70. The number of benzene rings is 6. The Morgan fingerprint density at radius 3 is 0.683 bits per heavy atom. The van der Waals surface area contributed by atoms with E-state index in [2.05, 4.69) is 142 Å². The molecule has 564 valence electrons. The minimum absolute atomic E-state index is 0.661. The Bertz CT molecular complexity index is 4330. The van der Waals surface area contributed by atoms with E-state index in [4.69, 9.17) is 28.4 Å². The maximum Gasteiger partial charge on any atom is 0.145 e. The van der Waals surface area contributed by atoms with Crippen LogP contribution >= 0.6 is 68.0 Å². The number of aryl methyl sites for hydroxylation is 6. The van der Waals surface area contributed by atoms with E-state index >= 15 is 0 Å². The summed E-state index contributed by atoms with van der Waals surface area (Å²) in [6, 6.07) is 27.7. The highest BCUT2D eigenvalue weighted by molar-refractivity contribution is 7.21. The molecule has 0 aliphatic rings. The summed E-state index contributed by atoms with van der Waals surface area (Å²) in [5.74, 6) is 6.23. The third-order valence-electron chi connectivity index (χ3n) is 20.3. The van der Waals surface area contributed by atoms with E-state index in [1.54, 1.807) is 11.3 Å². The van der Waals surface area contributed by atoms with Crippen LogP contribution in [0.2, 0.25) is 0 Å². The van der Waals surface area contributed by atoms with E-state index in [-0.39, 0.29) is 0 Å². The summed E-state index contributed by atoms with van der Waals surface area (Å²) >= 11 is 11.1. The Kier molecular flexibility index (Phi) is 33.1. The van der Waals surface area contributed by atoms with Crippen LogP contribution in [0.15, 0.2) is 72.8 Å². The van der Waals surface area contributed by atoms with Gasteiger partial charge in [0.2, 0.25) is 0 Å². The Morgan fingerprint density at radius 2 is 0.413 bits per heavy atom. The van der Waals surface area contributed by atoms with E-state index < -0.39 is 0 Å². The molecule has 12 heteroatoms. The van der Waals surface area contributed by atoms with Gasteiger partial charge in [-0.2, -0.15) is 0 Å². The molecule has 6 nitrogen and oxygen atoms in total.